The Bertz CT molecular complexity index is 628. The van der Waals surface area contributed by atoms with Crippen LogP contribution in [0.3, 0.4) is 0 Å². The second-order valence-electron chi connectivity index (χ2n) is 5.04. The van der Waals surface area contributed by atoms with E-state index in [1.165, 1.54) is 5.56 Å². The van der Waals surface area contributed by atoms with Crippen molar-refractivity contribution in [1.29, 1.82) is 0 Å². The van der Waals surface area contributed by atoms with Crippen LogP contribution in [0.1, 0.15) is 25.3 Å². The standard InChI is InChI=1S/C16H20N2O3/c1-2-3-4-11-5-6-12-7-8-17-15(13(12)9-11)18-14(10-19)16(20)21/h5-9,14,19H,2-4,10H2,1H3,(H,17,18)(H,20,21). The van der Waals surface area contributed by atoms with Crippen molar-refractivity contribution in [3.05, 3.63) is 36.0 Å². The van der Waals surface area contributed by atoms with E-state index >= 15 is 0 Å². The van der Waals surface area contributed by atoms with Gasteiger partial charge in [-0.25, -0.2) is 9.78 Å². The summed E-state index contributed by atoms with van der Waals surface area (Å²) in [4.78, 5) is 15.2. The fraction of sp³-hybridized carbons (Fsp3) is 0.375. The zero-order chi connectivity index (χ0) is 15.2. The highest BCUT2D eigenvalue weighted by atomic mass is 16.4. The number of hydrogen-bond acceptors (Lipinski definition) is 4. The molecule has 0 spiro atoms. The molecule has 5 nitrogen and oxygen atoms in total. The average molecular weight is 288 g/mol. The van der Waals surface area contributed by atoms with Gasteiger partial charge in [0.15, 0.2) is 0 Å². The molecule has 0 aliphatic heterocycles. The number of anilines is 1. The molecule has 3 N–H and O–H groups in total. The SMILES string of the molecule is CCCCc1ccc2ccnc(NC(CO)C(=O)O)c2c1. The van der Waals surface area contributed by atoms with Gasteiger partial charge in [0.2, 0.25) is 0 Å². The lowest BCUT2D eigenvalue weighted by atomic mass is 10.0. The van der Waals surface area contributed by atoms with Crippen LogP contribution in [0, 0.1) is 0 Å². The molecular weight excluding hydrogens is 268 g/mol. The number of aliphatic hydroxyl groups is 1. The Hall–Kier alpha value is -2.14. The Morgan fingerprint density at radius 3 is 2.86 bits per heavy atom. The van der Waals surface area contributed by atoms with E-state index in [1.807, 2.05) is 18.2 Å². The maximum absolute atomic E-state index is 11.0. The number of rotatable bonds is 7. The summed E-state index contributed by atoms with van der Waals surface area (Å²) in [7, 11) is 0. The summed E-state index contributed by atoms with van der Waals surface area (Å²) < 4.78 is 0. The maximum Gasteiger partial charge on any atom is 0.328 e. The first-order valence-corrected chi connectivity index (χ1v) is 7.13. The number of aliphatic carboxylic acids is 1. The minimum Gasteiger partial charge on any atom is -0.480 e. The molecule has 1 aromatic carbocycles. The molecule has 0 saturated carbocycles. The first kappa shape index (κ1) is 15.3. The summed E-state index contributed by atoms with van der Waals surface area (Å²) in [6.07, 6.45) is 4.86. The maximum atomic E-state index is 11.0. The Labute approximate surface area is 123 Å². The number of pyridine rings is 1. The highest BCUT2D eigenvalue weighted by Gasteiger charge is 2.17. The van der Waals surface area contributed by atoms with Gasteiger partial charge in [0.05, 0.1) is 6.61 Å². The Morgan fingerprint density at radius 2 is 2.19 bits per heavy atom. The Morgan fingerprint density at radius 1 is 1.38 bits per heavy atom. The molecule has 1 unspecified atom stereocenters. The fourth-order valence-corrected chi connectivity index (χ4v) is 2.22. The van der Waals surface area contributed by atoms with Crippen LogP contribution in [-0.4, -0.2) is 33.8 Å². The van der Waals surface area contributed by atoms with E-state index in [0.29, 0.717) is 5.82 Å². The van der Waals surface area contributed by atoms with Gasteiger partial charge in [-0.15, -0.1) is 0 Å². The van der Waals surface area contributed by atoms with Crippen LogP contribution in [0.4, 0.5) is 5.82 Å². The first-order valence-electron chi connectivity index (χ1n) is 7.13. The third-order valence-electron chi connectivity index (χ3n) is 3.44. The number of unbranched alkanes of at least 4 members (excludes halogenated alkanes) is 1. The number of nitrogens with one attached hydrogen (secondary N) is 1. The van der Waals surface area contributed by atoms with Crippen molar-refractivity contribution >= 4 is 22.6 Å². The molecule has 0 fully saturated rings. The van der Waals surface area contributed by atoms with Gasteiger partial charge in [0.1, 0.15) is 11.9 Å². The molecule has 5 heteroatoms. The largest absolute Gasteiger partial charge is 0.480 e. The van der Waals surface area contributed by atoms with E-state index in [1.54, 1.807) is 6.20 Å². The summed E-state index contributed by atoms with van der Waals surface area (Å²) in [5.74, 6) is -0.606. The van der Waals surface area contributed by atoms with Crippen molar-refractivity contribution in [3.8, 4) is 0 Å². The number of fused-ring (bicyclic) bond motifs is 1. The normalized spacial score (nSPS) is 12.3. The lowest BCUT2D eigenvalue weighted by Crippen LogP contribution is -2.33. The number of benzene rings is 1. The minimum absolute atomic E-state index is 0.483. The molecule has 2 aromatic rings. The molecule has 0 bridgehead atoms. The lowest BCUT2D eigenvalue weighted by molar-refractivity contribution is -0.138. The number of aryl methyl sites for hydroxylation is 1. The molecule has 1 aromatic heterocycles. The number of aliphatic hydroxyl groups excluding tert-OH is 1. The smallest absolute Gasteiger partial charge is 0.328 e. The second kappa shape index (κ2) is 7.04. The van der Waals surface area contributed by atoms with Crippen molar-refractivity contribution in [2.45, 2.75) is 32.2 Å². The van der Waals surface area contributed by atoms with Crippen LogP contribution < -0.4 is 5.32 Å². The molecular formula is C16H20N2O3. The van der Waals surface area contributed by atoms with Gasteiger partial charge in [0.25, 0.3) is 0 Å². The quantitative estimate of drug-likeness (QED) is 0.729. The number of nitrogens with zero attached hydrogens (tertiary/aromatic N) is 1. The second-order valence-corrected chi connectivity index (χ2v) is 5.04. The van der Waals surface area contributed by atoms with E-state index in [4.69, 9.17) is 10.2 Å². The molecule has 0 radical (unpaired) electrons. The molecule has 2 rings (SSSR count). The highest BCUT2D eigenvalue weighted by molar-refractivity contribution is 5.93. The monoisotopic (exact) mass is 288 g/mol. The molecule has 0 amide bonds. The molecule has 21 heavy (non-hydrogen) atoms. The summed E-state index contributed by atoms with van der Waals surface area (Å²) in [6, 6.07) is 6.97. The zero-order valence-corrected chi connectivity index (χ0v) is 12.0. The van der Waals surface area contributed by atoms with Crippen LogP contribution in [0.5, 0.6) is 0 Å². The molecule has 0 saturated heterocycles. The zero-order valence-electron chi connectivity index (χ0n) is 12.0. The van der Waals surface area contributed by atoms with Crippen LogP contribution in [-0.2, 0) is 11.2 Å². The number of carbonyl (C=O) groups is 1. The molecule has 1 heterocycles. The topological polar surface area (TPSA) is 82.5 Å². The minimum atomic E-state index is -1.10. The Balaban J connectivity index is 2.35. The van der Waals surface area contributed by atoms with Crippen LogP contribution in [0.15, 0.2) is 30.5 Å². The van der Waals surface area contributed by atoms with Gasteiger partial charge in [-0.3, -0.25) is 0 Å². The van der Waals surface area contributed by atoms with Gasteiger partial charge in [-0.2, -0.15) is 0 Å². The van der Waals surface area contributed by atoms with E-state index in [2.05, 4.69) is 23.3 Å². The lowest BCUT2D eigenvalue weighted by Gasteiger charge is -2.14. The van der Waals surface area contributed by atoms with Crippen molar-refractivity contribution in [1.82, 2.24) is 4.98 Å². The predicted octanol–water partition coefficient (Wildman–Crippen LogP) is 2.43. The fourth-order valence-electron chi connectivity index (χ4n) is 2.22. The van der Waals surface area contributed by atoms with E-state index < -0.39 is 18.6 Å². The molecule has 0 aliphatic rings. The molecule has 112 valence electrons. The van der Waals surface area contributed by atoms with E-state index in [-0.39, 0.29) is 0 Å². The van der Waals surface area contributed by atoms with Crippen LogP contribution in [0.25, 0.3) is 10.8 Å². The third kappa shape index (κ3) is 3.70. The van der Waals surface area contributed by atoms with Gasteiger partial charge in [-0.1, -0.05) is 25.5 Å². The number of hydrogen-bond donors (Lipinski definition) is 3. The number of aromatic nitrogens is 1. The van der Waals surface area contributed by atoms with Crippen molar-refractivity contribution in [2.24, 2.45) is 0 Å². The summed E-state index contributed by atoms with van der Waals surface area (Å²) >= 11 is 0. The van der Waals surface area contributed by atoms with Crippen molar-refractivity contribution in [3.63, 3.8) is 0 Å². The van der Waals surface area contributed by atoms with Gasteiger partial charge in [0, 0.05) is 11.6 Å². The number of carboxylic acids is 1. The summed E-state index contributed by atoms with van der Waals surface area (Å²) in [5.41, 5.74) is 1.20. The third-order valence-corrected chi connectivity index (χ3v) is 3.44. The van der Waals surface area contributed by atoms with Crippen molar-refractivity contribution < 1.29 is 15.0 Å². The first-order chi connectivity index (χ1) is 10.2. The number of carboxylic acid groups (broad SMARTS) is 1. The van der Waals surface area contributed by atoms with Gasteiger partial charge < -0.3 is 15.5 Å². The molecule has 1 atom stereocenters. The van der Waals surface area contributed by atoms with E-state index in [9.17, 15) is 4.79 Å². The van der Waals surface area contributed by atoms with E-state index in [0.717, 1.165) is 30.0 Å². The average Bonchev–Trinajstić information content (AvgIpc) is 2.50. The highest BCUT2D eigenvalue weighted by Crippen LogP contribution is 2.23. The van der Waals surface area contributed by atoms with Gasteiger partial charge >= 0.3 is 5.97 Å². The molecule has 0 aliphatic carbocycles. The van der Waals surface area contributed by atoms with Crippen LogP contribution in [0.2, 0.25) is 0 Å². The van der Waals surface area contributed by atoms with Crippen LogP contribution >= 0.6 is 0 Å². The van der Waals surface area contributed by atoms with Gasteiger partial charge in [-0.05, 0) is 35.9 Å². The summed E-state index contributed by atoms with van der Waals surface area (Å²) in [6.45, 7) is 1.66. The predicted molar refractivity (Wildman–Crippen MR) is 82.5 cm³/mol. The Kier molecular flexibility index (Phi) is 5.11. The van der Waals surface area contributed by atoms with Crippen molar-refractivity contribution in [2.75, 3.05) is 11.9 Å². The summed E-state index contributed by atoms with van der Waals surface area (Å²) in [5, 5.41) is 22.8.